The van der Waals surface area contributed by atoms with Crippen LogP contribution in [-0.4, -0.2) is 40.7 Å². The number of anilines is 1. The predicted octanol–water partition coefficient (Wildman–Crippen LogP) is 2.14. The third kappa shape index (κ3) is 4.34. The highest BCUT2D eigenvalue weighted by Gasteiger charge is 2.20. The van der Waals surface area contributed by atoms with Crippen molar-refractivity contribution in [3.05, 3.63) is 65.2 Å². The van der Waals surface area contributed by atoms with Crippen LogP contribution >= 0.6 is 0 Å². The topological polar surface area (TPSA) is 95.4 Å². The molecule has 0 fully saturated rings. The van der Waals surface area contributed by atoms with E-state index in [-0.39, 0.29) is 30.3 Å². The molecule has 3 aromatic rings. The van der Waals surface area contributed by atoms with E-state index < -0.39 is 0 Å². The fourth-order valence-corrected chi connectivity index (χ4v) is 3.40. The standard InChI is InChI=1S/C23H25N5O2/c1-15-8-7-10-18(16(15)2)25-22(30)14-27(3)13-21(29)17(12-24)23-26-19-9-5-6-11-20(19)28(23)4/h5-11,29H,13-14H2,1-4H3,(H,25,30)/p+1/b21-17-. The van der Waals surface area contributed by atoms with Crippen LogP contribution in [0, 0.1) is 25.2 Å². The Hall–Kier alpha value is -3.63. The van der Waals surface area contributed by atoms with E-state index in [9.17, 15) is 15.2 Å². The number of nitrogens with zero attached hydrogens (tertiary/aromatic N) is 3. The number of aliphatic hydroxyl groups is 1. The molecule has 7 heteroatoms. The quantitative estimate of drug-likeness (QED) is 0.433. The normalized spacial score (nSPS) is 12.9. The van der Waals surface area contributed by atoms with Crippen molar-refractivity contribution in [2.24, 2.45) is 7.05 Å². The second-order valence-corrected chi connectivity index (χ2v) is 7.52. The van der Waals surface area contributed by atoms with E-state index in [1.807, 2.05) is 63.4 Å². The van der Waals surface area contributed by atoms with Crippen molar-refractivity contribution in [3.63, 3.8) is 0 Å². The average molecular weight is 404 g/mol. The maximum Gasteiger partial charge on any atom is 0.279 e. The van der Waals surface area contributed by atoms with Crippen molar-refractivity contribution in [2.45, 2.75) is 13.8 Å². The molecule has 2 aromatic carbocycles. The van der Waals surface area contributed by atoms with Crippen molar-refractivity contribution < 1.29 is 14.8 Å². The van der Waals surface area contributed by atoms with Crippen LogP contribution in [0.2, 0.25) is 0 Å². The van der Waals surface area contributed by atoms with Gasteiger partial charge in [-0.1, -0.05) is 24.3 Å². The van der Waals surface area contributed by atoms with E-state index in [2.05, 4.69) is 16.4 Å². The van der Waals surface area contributed by atoms with E-state index in [1.54, 1.807) is 11.6 Å². The Morgan fingerprint density at radius 2 is 1.93 bits per heavy atom. The lowest BCUT2D eigenvalue weighted by molar-refractivity contribution is -0.867. The number of rotatable bonds is 6. The Bertz CT molecular complexity index is 1170. The number of nitrogens with one attached hydrogen (secondary N) is 2. The Kier molecular flexibility index (Phi) is 6.19. The molecule has 154 valence electrons. The van der Waals surface area contributed by atoms with Gasteiger partial charge in [-0.3, -0.25) is 4.79 Å². The van der Waals surface area contributed by atoms with Gasteiger partial charge in [0.25, 0.3) is 5.91 Å². The van der Waals surface area contributed by atoms with Crippen molar-refractivity contribution in [2.75, 3.05) is 25.5 Å². The maximum atomic E-state index is 12.4. The number of carbonyl (C=O) groups is 1. The highest BCUT2D eigenvalue weighted by atomic mass is 16.3. The minimum atomic E-state index is -0.157. The van der Waals surface area contributed by atoms with Crippen LogP contribution in [-0.2, 0) is 11.8 Å². The summed E-state index contributed by atoms with van der Waals surface area (Å²) in [5.74, 6) is 0.159. The molecule has 0 saturated carbocycles. The number of amides is 1. The van der Waals surface area contributed by atoms with E-state index in [4.69, 9.17) is 0 Å². The van der Waals surface area contributed by atoms with E-state index in [1.165, 1.54) is 0 Å². The number of likely N-dealkylation sites (N-methyl/N-ethyl adjacent to an activating group) is 1. The number of nitriles is 1. The summed E-state index contributed by atoms with van der Waals surface area (Å²) in [6.07, 6.45) is 0. The highest BCUT2D eigenvalue weighted by Crippen LogP contribution is 2.21. The van der Waals surface area contributed by atoms with E-state index in [0.717, 1.165) is 32.7 Å². The summed E-state index contributed by atoms with van der Waals surface area (Å²) >= 11 is 0. The Morgan fingerprint density at radius 1 is 1.20 bits per heavy atom. The molecule has 3 rings (SSSR count). The number of hydrogen-bond acceptors (Lipinski definition) is 4. The number of benzene rings is 2. The van der Waals surface area contributed by atoms with Crippen LogP contribution in [0.4, 0.5) is 5.69 Å². The molecule has 1 atom stereocenters. The van der Waals surface area contributed by atoms with Crippen molar-refractivity contribution >= 4 is 28.2 Å². The minimum Gasteiger partial charge on any atom is -0.506 e. The molecule has 1 unspecified atom stereocenters. The summed E-state index contributed by atoms with van der Waals surface area (Å²) in [5.41, 5.74) is 4.66. The van der Waals surface area contributed by atoms with Gasteiger partial charge < -0.3 is 19.9 Å². The van der Waals surface area contributed by atoms with Crippen LogP contribution < -0.4 is 10.2 Å². The van der Waals surface area contributed by atoms with Crippen molar-refractivity contribution in [1.29, 1.82) is 5.26 Å². The second kappa shape index (κ2) is 8.80. The molecule has 0 aliphatic rings. The lowest BCUT2D eigenvalue weighted by Gasteiger charge is -2.15. The van der Waals surface area contributed by atoms with Crippen LogP contribution in [0.15, 0.2) is 48.2 Å². The van der Waals surface area contributed by atoms with Gasteiger partial charge in [-0.25, -0.2) is 4.98 Å². The summed E-state index contributed by atoms with van der Waals surface area (Å²) in [6, 6.07) is 15.4. The minimum absolute atomic E-state index is 0.0899. The number of hydrogen-bond donors (Lipinski definition) is 3. The highest BCUT2D eigenvalue weighted by molar-refractivity contribution is 5.92. The summed E-state index contributed by atoms with van der Waals surface area (Å²) in [4.78, 5) is 17.7. The first-order valence-electron chi connectivity index (χ1n) is 9.73. The monoisotopic (exact) mass is 404 g/mol. The fourth-order valence-electron chi connectivity index (χ4n) is 3.40. The average Bonchev–Trinajstić information content (AvgIpc) is 3.02. The number of aromatic nitrogens is 2. The molecule has 1 aromatic heterocycles. The third-order valence-corrected chi connectivity index (χ3v) is 5.22. The van der Waals surface area contributed by atoms with Gasteiger partial charge in [0, 0.05) is 12.7 Å². The zero-order chi connectivity index (χ0) is 21.8. The molecule has 0 radical (unpaired) electrons. The summed E-state index contributed by atoms with van der Waals surface area (Å²) in [7, 11) is 3.60. The SMILES string of the molecule is Cc1cccc(NC(=O)C[NH+](C)C/C(O)=C(\C#N)c2nc3ccccc3n2C)c1C. The molecule has 0 aliphatic heterocycles. The van der Waals surface area contributed by atoms with E-state index >= 15 is 0 Å². The molecule has 1 heterocycles. The fraction of sp³-hybridized carbons (Fsp3) is 0.261. The number of quaternary nitrogens is 1. The van der Waals surface area contributed by atoms with Crippen LogP contribution in [0.25, 0.3) is 16.6 Å². The van der Waals surface area contributed by atoms with Gasteiger partial charge in [-0.2, -0.15) is 5.26 Å². The van der Waals surface area contributed by atoms with Gasteiger partial charge in [0.2, 0.25) is 0 Å². The molecule has 0 spiro atoms. The second-order valence-electron chi connectivity index (χ2n) is 7.52. The smallest absolute Gasteiger partial charge is 0.279 e. The predicted molar refractivity (Wildman–Crippen MR) is 117 cm³/mol. The van der Waals surface area contributed by atoms with E-state index in [0.29, 0.717) is 5.82 Å². The summed E-state index contributed by atoms with van der Waals surface area (Å²) < 4.78 is 1.78. The molecular formula is C23H26N5O2+. The summed E-state index contributed by atoms with van der Waals surface area (Å²) in [6.45, 7) is 4.24. The van der Waals surface area contributed by atoms with Gasteiger partial charge >= 0.3 is 0 Å². The zero-order valence-electron chi connectivity index (χ0n) is 17.7. The van der Waals surface area contributed by atoms with Crippen molar-refractivity contribution in [1.82, 2.24) is 9.55 Å². The Morgan fingerprint density at radius 3 is 2.63 bits per heavy atom. The molecule has 3 N–H and O–H groups in total. The number of aryl methyl sites for hydroxylation is 2. The Labute approximate surface area is 175 Å². The number of imidazole rings is 1. The lowest BCUT2D eigenvalue weighted by atomic mass is 10.1. The van der Waals surface area contributed by atoms with Gasteiger partial charge in [0.1, 0.15) is 18.2 Å². The number of allylic oxidation sites excluding steroid dienone is 1. The van der Waals surface area contributed by atoms with Gasteiger partial charge in [0.15, 0.2) is 18.1 Å². The number of fused-ring (bicyclic) bond motifs is 1. The van der Waals surface area contributed by atoms with Crippen LogP contribution in [0.3, 0.4) is 0 Å². The number of aliphatic hydroxyl groups excluding tert-OH is 1. The number of para-hydroxylation sites is 2. The molecule has 1 amide bonds. The zero-order valence-corrected chi connectivity index (χ0v) is 17.7. The Balaban J connectivity index is 1.74. The molecule has 0 bridgehead atoms. The van der Waals surface area contributed by atoms with Crippen molar-refractivity contribution in [3.8, 4) is 6.07 Å². The molecule has 0 saturated heterocycles. The molecular weight excluding hydrogens is 378 g/mol. The first-order valence-corrected chi connectivity index (χ1v) is 9.73. The molecule has 30 heavy (non-hydrogen) atoms. The summed E-state index contributed by atoms with van der Waals surface area (Å²) in [5, 5.41) is 23.2. The first kappa shape index (κ1) is 21.1. The maximum absolute atomic E-state index is 12.4. The van der Waals surface area contributed by atoms with Crippen LogP contribution in [0.1, 0.15) is 17.0 Å². The molecule has 0 aliphatic carbocycles. The van der Waals surface area contributed by atoms with Gasteiger partial charge in [-0.05, 0) is 43.2 Å². The largest absolute Gasteiger partial charge is 0.506 e. The van der Waals surface area contributed by atoms with Crippen LogP contribution in [0.5, 0.6) is 0 Å². The third-order valence-electron chi connectivity index (χ3n) is 5.22. The molecule has 7 nitrogen and oxygen atoms in total. The van der Waals surface area contributed by atoms with Gasteiger partial charge in [0.05, 0.1) is 18.1 Å². The lowest BCUT2D eigenvalue weighted by Crippen LogP contribution is -3.10. The first-order chi connectivity index (χ1) is 14.3. The van der Waals surface area contributed by atoms with Gasteiger partial charge in [-0.15, -0.1) is 0 Å². The number of carbonyl (C=O) groups excluding carboxylic acids is 1.